The predicted octanol–water partition coefficient (Wildman–Crippen LogP) is 14.1. The minimum Gasteiger partial charge on any atom is -0.462 e. The van der Waals surface area contributed by atoms with E-state index in [2.05, 4.69) is 38.2 Å². The quantitative estimate of drug-likeness (QED) is 0.0310. The van der Waals surface area contributed by atoms with E-state index in [1.807, 2.05) is 0 Å². The molecule has 0 spiro atoms. The molecule has 310 valence electrons. The summed E-state index contributed by atoms with van der Waals surface area (Å²) >= 11 is 0. The van der Waals surface area contributed by atoms with Crippen molar-refractivity contribution in [2.24, 2.45) is 0 Å². The summed E-state index contributed by atoms with van der Waals surface area (Å²) in [4.78, 5) is 25.4. The van der Waals surface area contributed by atoms with Crippen LogP contribution < -0.4 is 0 Å². The van der Waals surface area contributed by atoms with Crippen LogP contribution in [0.15, 0.2) is 47.4 Å². The van der Waals surface area contributed by atoms with Gasteiger partial charge in [0, 0.05) is 0 Å². The summed E-state index contributed by atoms with van der Waals surface area (Å²) in [5, 5.41) is 0. The molecule has 1 aromatic rings. The summed E-state index contributed by atoms with van der Waals surface area (Å²) in [6.45, 7) is 4.75. The maximum atomic E-state index is 13.0. The molecule has 0 atom stereocenters. The van der Waals surface area contributed by atoms with Crippen LogP contribution in [0.1, 0.15) is 227 Å². The Morgan fingerprint density at radius 2 is 0.796 bits per heavy atom. The second-order valence-corrected chi connectivity index (χ2v) is 16.4. The molecule has 0 bridgehead atoms. The van der Waals surface area contributed by atoms with Crippen molar-refractivity contribution in [3.63, 3.8) is 0 Å². The molecule has 8 heteroatoms. The van der Waals surface area contributed by atoms with Gasteiger partial charge in [0.05, 0.1) is 29.2 Å². The minimum absolute atomic E-state index is 0.0589. The van der Waals surface area contributed by atoms with Crippen molar-refractivity contribution >= 4 is 22.1 Å². The highest BCUT2D eigenvalue weighted by Crippen LogP contribution is 2.20. The van der Waals surface area contributed by atoms with Crippen molar-refractivity contribution < 1.29 is 32.0 Å². The van der Waals surface area contributed by atoms with Crippen molar-refractivity contribution in [2.45, 2.75) is 211 Å². The monoisotopic (exact) mass is 775 g/mol. The van der Waals surface area contributed by atoms with Gasteiger partial charge in [0.2, 0.25) is 0 Å². The lowest BCUT2D eigenvalue weighted by Gasteiger charge is -2.11. The van der Waals surface area contributed by atoms with Gasteiger partial charge in [0.1, 0.15) is 0 Å². The lowest BCUT2D eigenvalue weighted by atomic mass is 10.0. The summed E-state index contributed by atoms with van der Waals surface area (Å²) in [6, 6.07) is 3.31. The smallest absolute Gasteiger partial charge is 0.339 e. The maximum Gasteiger partial charge on any atom is 0.339 e. The number of allylic oxidation sites excluding steroid dienone is 4. The Labute approximate surface area is 331 Å². The van der Waals surface area contributed by atoms with Gasteiger partial charge >= 0.3 is 11.9 Å². The van der Waals surface area contributed by atoms with Crippen molar-refractivity contribution in [3.05, 3.63) is 53.6 Å². The van der Waals surface area contributed by atoms with Crippen LogP contribution in [-0.4, -0.2) is 38.1 Å². The molecular formula is C46H78O7S. The van der Waals surface area contributed by atoms with Crippen LogP contribution in [0, 0.1) is 0 Å². The van der Waals surface area contributed by atoms with E-state index in [-0.39, 0.29) is 24.3 Å². The van der Waals surface area contributed by atoms with E-state index in [1.165, 1.54) is 141 Å². The summed E-state index contributed by atoms with van der Waals surface area (Å²) in [6.07, 6.45) is 45.2. The second-order valence-electron chi connectivity index (χ2n) is 15.0. The molecule has 7 nitrogen and oxygen atoms in total. The summed E-state index contributed by atoms with van der Waals surface area (Å²) < 4.78 is 43.9. The average molecular weight is 775 g/mol. The van der Waals surface area contributed by atoms with Crippen LogP contribution in [0.2, 0.25) is 0 Å². The normalized spacial score (nSPS) is 11.9. The molecule has 0 amide bonds. The van der Waals surface area contributed by atoms with E-state index in [4.69, 9.17) is 9.47 Å². The van der Waals surface area contributed by atoms with Gasteiger partial charge in [0.15, 0.2) is 0 Å². The predicted molar refractivity (Wildman–Crippen MR) is 225 cm³/mol. The molecule has 0 fully saturated rings. The first-order valence-electron chi connectivity index (χ1n) is 22.1. The van der Waals surface area contributed by atoms with Crippen LogP contribution in [0.3, 0.4) is 0 Å². The highest BCUT2D eigenvalue weighted by Gasteiger charge is 2.23. The van der Waals surface area contributed by atoms with Crippen molar-refractivity contribution in [2.75, 3.05) is 13.2 Å². The molecule has 0 aliphatic heterocycles. The Morgan fingerprint density at radius 1 is 0.481 bits per heavy atom. The molecule has 0 aliphatic carbocycles. The van der Waals surface area contributed by atoms with Crippen LogP contribution in [0.4, 0.5) is 0 Å². The van der Waals surface area contributed by atoms with E-state index >= 15 is 0 Å². The summed E-state index contributed by atoms with van der Waals surface area (Å²) in [5.74, 6) is -1.50. The lowest BCUT2D eigenvalue weighted by molar-refractivity contribution is 0.0450. The molecule has 54 heavy (non-hydrogen) atoms. The van der Waals surface area contributed by atoms with Crippen LogP contribution in [0.5, 0.6) is 0 Å². The van der Waals surface area contributed by atoms with E-state index < -0.39 is 27.0 Å². The van der Waals surface area contributed by atoms with Gasteiger partial charge in [-0.05, 0) is 69.6 Å². The Morgan fingerprint density at radius 3 is 1.13 bits per heavy atom. The second kappa shape index (κ2) is 35.0. The minimum atomic E-state index is -4.56. The van der Waals surface area contributed by atoms with E-state index in [9.17, 15) is 22.6 Å². The fourth-order valence-electron chi connectivity index (χ4n) is 6.70. The molecule has 0 radical (unpaired) electrons. The molecule has 1 N–H and O–H groups in total. The fraction of sp³-hybridized carbons (Fsp3) is 0.739. The van der Waals surface area contributed by atoms with Gasteiger partial charge < -0.3 is 9.47 Å². The average Bonchev–Trinajstić information content (AvgIpc) is 3.16. The summed E-state index contributed by atoms with van der Waals surface area (Å²) in [5.41, 5.74) is -0.268. The van der Waals surface area contributed by atoms with Crippen LogP contribution >= 0.6 is 0 Å². The number of esters is 2. The zero-order chi connectivity index (χ0) is 39.4. The third-order valence-corrected chi connectivity index (χ3v) is 10.9. The Bertz CT molecular complexity index is 1240. The number of carbonyl (C=O) groups excluding carboxylic acids is 2. The van der Waals surface area contributed by atoms with Gasteiger partial charge in [-0.15, -0.1) is 0 Å². The number of carbonyl (C=O) groups is 2. The topological polar surface area (TPSA) is 107 Å². The number of hydrogen-bond donors (Lipinski definition) is 1. The fourth-order valence-corrected chi connectivity index (χ4v) is 7.21. The molecule has 0 saturated carbocycles. The van der Waals surface area contributed by atoms with Gasteiger partial charge in [-0.2, -0.15) is 8.42 Å². The van der Waals surface area contributed by atoms with Crippen LogP contribution in [0.25, 0.3) is 0 Å². The molecule has 0 aromatic heterocycles. The first kappa shape index (κ1) is 49.6. The van der Waals surface area contributed by atoms with Gasteiger partial charge in [0.25, 0.3) is 10.1 Å². The molecule has 0 unspecified atom stereocenters. The molecule has 0 heterocycles. The number of ether oxygens (including phenoxy) is 2. The molecule has 0 aliphatic rings. The Kier molecular flexibility index (Phi) is 32.1. The maximum absolute atomic E-state index is 13.0. The Hall–Kier alpha value is -2.45. The summed E-state index contributed by atoms with van der Waals surface area (Å²) in [7, 11) is -4.56. The lowest BCUT2D eigenvalue weighted by Crippen LogP contribution is -2.16. The standard InChI is InChI=1S/C46H78O7S/c1-3-5-7-9-11-13-15-17-19-21-23-25-27-29-31-33-35-39-52-45(47)43-38-37-42(54(49,50)51)41-44(43)46(48)53-40-36-34-32-30-28-26-24-22-20-18-16-14-12-10-8-6-4-2/h5-8,37-38,41H,3-4,9-36,39-40H2,1-2H3,(H,49,50,51)/b7-5+,8-6+. The largest absolute Gasteiger partial charge is 0.462 e. The highest BCUT2D eigenvalue weighted by atomic mass is 32.2. The molecule has 0 saturated heterocycles. The van der Waals surface area contributed by atoms with E-state index in [1.54, 1.807) is 0 Å². The first-order chi connectivity index (χ1) is 26.3. The zero-order valence-electron chi connectivity index (χ0n) is 34.5. The van der Waals surface area contributed by atoms with Gasteiger partial charge in [-0.25, -0.2) is 9.59 Å². The molecule has 1 aromatic carbocycles. The highest BCUT2D eigenvalue weighted by molar-refractivity contribution is 7.85. The molecular weight excluding hydrogens is 697 g/mol. The van der Waals surface area contributed by atoms with E-state index in [0.29, 0.717) is 6.42 Å². The van der Waals surface area contributed by atoms with Gasteiger partial charge in [-0.1, -0.05) is 179 Å². The molecule has 1 rings (SSSR count). The van der Waals surface area contributed by atoms with Crippen molar-refractivity contribution in [3.8, 4) is 0 Å². The third-order valence-electron chi connectivity index (χ3n) is 10.0. The number of benzene rings is 1. The van der Waals surface area contributed by atoms with E-state index in [0.717, 1.165) is 63.5 Å². The number of hydrogen-bond acceptors (Lipinski definition) is 6. The SMILES string of the molecule is CC/C=C/CCCCCCCCCCCCCCCOC(=O)c1ccc(S(=O)(=O)O)cc1C(=O)OCCCCCCCCCCCCCCC/C=C/CC. The third kappa shape index (κ3) is 28.0. The van der Waals surface area contributed by atoms with Crippen molar-refractivity contribution in [1.82, 2.24) is 0 Å². The van der Waals surface area contributed by atoms with Crippen molar-refractivity contribution in [1.29, 1.82) is 0 Å². The van der Waals surface area contributed by atoms with Crippen LogP contribution in [-0.2, 0) is 19.6 Å². The number of unbranched alkanes of at least 4 members (excludes halogenated alkanes) is 26. The van der Waals surface area contributed by atoms with Gasteiger partial charge in [-0.3, -0.25) is 4.55 Å². The zero-order valence-corrected chi connectivity index (χ0v) is 35.3. The Balaban J connectivity index is 2.20. The number of rotatable bonds is 37. The first-order valence-corrected chi connectivity index (χ1v) is 23.5.